The molecule has 0 bridgehead atoms. The number of carbonyl (C=O) groups is 2. The van der Waals surface area contributed by atoms with Crippen molar-refractivity contribution in [2.75, 3.05) is 19.0 Å². The zero-order chi connectivity index (χ0) is 24.5. The van der Waals surface area contributed by atoms with Gasteiger partial charge in [0, 0.05) is 18.2 Å². The molecule has 1 saturated carbocycles. The van der Waals surface area contributed by atoms with Crippen LogP contribution in [0.4, 0.5) is 18.9 Å². The van der Waals surface area contributed by atoms with Crippen molar-refractivity contribution in [1.29, 1.82) is 0 Å². The fourth-order valence-corrected chi connectivity index (χ4v) is 4.16. The van der Waals surface area contributed by atoms with Crippen molar-refractivity contribution in [3.63, 3.8) is 0 Å². The average Bonchev–Trinajstić information content (AvgIpc) is 3.25. The SMILES string of the molecule is COC(=O)c1cc2nn([C@H]3CC[C@H](CO)CC3)cc2cc1NC(=O)c1cccc(C(F)(F)F)n1. The second-order valence-electron chi connectivity index (χ2n) is 8.27. The van der Waals surface area contributed by atoms with Crippen molar-refractivity contribution in [2.45, 2.75) is 37.9 Å². The van der Waals surface area contributed by atoms with Crippen molar-refractivity contribution < 1.29 is 32.6 Å². The Morgan fingerprint density at radius 3 is 2.59 bits per heavy atom. The molecule has 2 aromatic heterocycles. The monoisotopic (exact) mass is 476 g/mol. The highest BCUT2D eigenvalue weighted by atomic mass is 19.4. The minimum Gasteiger partial charge on any atom is -0.465 e. The van der Waals surface area contributed by atoms with E-state index in [1.54, 1.807) is 6.20 Å². The van der Waals surface area contributed by atoms with Crippen molar-refractivity contribution in [2.24, 2.45) is 5.92 Å². The van der Waals surface area contributed by atoms with Crippen LogP contribution in [-0.4, -0.2) is 45.5 Å². The number of halogens is 3. The number of rotatable bonds is 5. The number of ether oxygens (including phenoxy) is 1. The number of methoxy groups -OCH3 is 1. The second-order valence-corrected chi connectivity index (χ2v) is 8.27. The largest absolute Gasteiger partial charge is 0.465 e. The van der Waals surface area contributed by atoms with Crippen LogP contribution in [0.3, 0.4) is 0 Å². The van der Waals surface area contributed by atoms with Gasteiger partial charge in [-0.3, -0.25) is 9.48 Å². The molecule has 2 heterocycles. The highest BCUT2D eigenvalue weighted by Crippen LogP contribution is 2.33. The number of hydrogen-bond acceptors (Lipinski definition) is 6. The van der Waals surface area contributed by atoms with Crippen molar-refractivity contribution in [3.8, 4) is 0 Å². The molecular weight excluding hydrogens is 453 g/mol. The first-order valence-corrected chi connectivity index (χ1v) is 10.8. The van der Waals surface area contributed by atoms with Crippen LogP contribution in [0.15, 0.2) is 36.5 Å². The first kappa shape index (κ1) is 23.7. The van der Waals surface area contributed by atoms with Gasteiger partial charge in [-0.15, -0.1) is 0 Å². The molecule has 0 atom stereocenters. The lowest BCUT2D eigenvalue weighted by Crippen LogP contribution is -2.20. The zero-order valence-electron chi connectivity index (χ0n) is 18.3. The van der Waals surface area contributed by atoms with Crippen LogP contribution in [0.2, 0.25) is 0 Å². The Kier molecular flexibility index (Phi) is 6.56. The van der Waals surface area contributed by atoms with E-state index >= 15 is 0 Å². The number of aliphatic hydroxyl groups is 1. The number of aliphatic hydroxyl groups excluding tert-OH is 1. The second kappa shape index (κ2) is 9.41. The van der Waals surface area contributed by atoms with Gasteiger partial charge in [-0.1, -0.05) is 6.07 Å². The molecule has 0 aliphatic heterocycles. The quantitative estimate of drug-likeness (QED) is 0.535. The lowest BCUT2D eigenvalue weighted by Gasteiger charge is -2.27. The van der Waals surface area contributed by atoms with Crippen molar-refractivity contribution in [3.05, 3.63) is 53.5 Å². The van der Waals surface area contributed by atoms with Crippen LogP contribution >= 0.6 is 0 Å². The van der Waals surface area contributed by atoms with Gasteiger partial charge in [-0.25, -0.2) is 9.78 Å². The molecule has 1 fully saturated rings. The van der Waals surface area contributed by atoms with Gasteiger partial charge in [-0.2, -0.15) is 18.3 Å². The fraction of sp³-hybridized carbons (Fsp3) is 0.391. The van der Waals surface area contributed by atoms with E-state index in [4.69, 9.17) is 4.74 Å². The maximum atomic E-state index is 13.0. The van der Waals surface area contributed by atoms with E-state index in [2.05, 4.69) is 15.4 Å². The molecule has 2 N–H and O–H groups in total. The van der Waals surface area contributed by atoms with Crippen LogP contribution in [0.5, 0.6) is 0 Å². The van der Waals surface area contributed by atoms with E-state index in [9.17, 15) is 27.9 Å². The summed E-state index contributed by atoms with van der Waals surface area (Å²) >= 11 is 0. The maximum Gasteiger partial charge on any atom is 0.433 e. The van der Waals surface area contributed by atoms with Gasteiger partial charge in [0.05, 0.1) is 29.9 Å². The molecule has 3 aromatic rings. The molecule has 1 aliphatic rings. The molecule has 8 nitrogen and oxygen atoms in total. The van der Waals surface area contributed by atoms with Crippen LogP contribution in [0.1, 0.15) is 58.3 Å². The number of fused-ring (bicyclic) bond motifs is 1. The standard InChI is InChI=1S/C23H23F3N4O4/c1-34-22(33)16-10-18-14(11-30(29-18)15-7-5-13(12-31)6-8-15)9-19(16)28-21(32)17-3-2-4-20(27-17)23(24,25)26/h2-4,9-11,13,15,31H,5-8,12H2,1H3,(H,28,32)/t13-,15-. The Labute approximate surface area is 192 Å². The summed E-state index contributed by atoms with van der Waals surface area (Å²) in [5.74, 6) is -1.34. The number of pyridine rings is 1. The first-order chi connectivity index (χ1) is 16.2. The number of anilines is 1. The normalized spacial score (nSPS) is 18.6. The smallest absolute Gasteiger partial charge is 0.433 e. The van der Waals surface area contributed by atoms with Crippen molar-refractivity contribution in [1.82, 2.24) is 14.8 Å². The van der Waals surface area contributed by atoms with Gasteiger partial charge in [0.1, 0.15) is 11.4 Å². The average molecular weight is 476 g/mol. The molecule has 0 radical (unpaired) electrons. The molecule has 34 heavy (non-hydrogen) atoms. The number of carbonyl (C=O) groups excluding carboxylic acids is 2. The number of esters is 1. The molecule has 0 saturated heterocycles. The molecule has 180 valence electrons. The summed E-state index contributed by atoms with van der Waals surface area (Å²) in [7, 11) is 1.19. The predicted octanol–water partition coefficient (Wildman–Crippen LogP) is 4.21. The Hall–Kier alpha value is -3.47. The van der Waals surface area contributed by atoms with Crippen molar-refractivity contribution >= 4 is 28.5 Å². The molecule has 0 spiro atoms. The van der Waals surface area contributed by atoms with Crippen LogP contribution in [0, 0.1) is 5.92 Å². The summed E-state index contributed by atoms with van der Waals surface area (Å²) in [4.78, 5) is 28.4. The third-order valence-corrected chi connectivity index (χ3v) is 6.04. The summed E-state index contributed by atoms with van der Waals surface area (Å²) in [6, 6.07) is 6.17. The van der Waals surface area contributed by atoms with Gasteiger partial charge in [0.25, 0.3) is 5.91 Å². The third kappa shape index (κ3) is 4.89. The number of nitrogens with one attached hydrogen (secondary N) is 1. The molecule has 4 rings (SSSR count). The van der Waals surface area contributed by atoms with Gasteiger partial charge in [-0.05, 0) is 55.9 Å². The number of amides is 1. The summed E-state index contributed by atoms with van der Waals surface area (Å²) in [5, 5.41) is 17.0. The van der Waals surface area contributed by atoms with E-state index in [1.165, 1.54) is 19.2 Å². The fourth-order valence-electron chi connectivity index (χ4n) is 4.16. The number of benzene rings is 1. The summed E-state index contributed by atoms with van der Waals surface area (Å²) < 4.78 is 45.5. The summed E-state index contributed by atoms with van der Waals surface area (Å²) in [6.45, 7) is 0.167. The van der Waals surface area contributed by atoms with E-state index in [-0.39, 0.29) is 23.9 Å². The first-order valence-electron chi connectivity index (χ1n) is 10.8. The molecular formula is C23H23F3N4O4. The predicted molar refractivity (Wildman–Crippen MR) is 116 cm³/mol. The topological polar surface area (TPSA) is 106 Å². The van der Waals surface area contributed by atoms with E-state index in [0.29, 0.717) is 16.8 Å². The number of aromatic nitrogens is 3. The van der Waals surface area contributed by atoms with Gasteiger partial charge >= 0.3 is 12.1 Å². The summed E-state index contributed by atoms with van der Waals surface area (Å²) in [5.41, 5.74) is -1.03. The number of hydrogen-bond donors (Lipinski definition) is 2. The highest BCUT2D eigenvalue weighted by Gasteiger charge is 2.33. The number of alkyl halides is 3. The Balaban J connectivity index is 1.65. The van der Waals surface area contributed by atoms with Crippen LogP contribution < -0.4 is 5.32 Å². The van der Waals surface area contributed by atoms with Crippen LogP contribution in [0.25, 0.3) is 10.9 Å². The van der Waals surface area contributed by atoms with Crippen LogP contribution in [-0.2, 0) is 10.9 Å². The minimum absolute atomic E-state index is 0.0181. The Morgan fingerprint density at radius 1 is 1.21 bits per heavy atom. The number of nitrogens with zero attached hydrogens (tertiary/aromatic N) is 3. The highest BCUT2D eigenvalue weighted by molar-refractivity contribution is 6.09. The third-order valence-electron chi connectivity index (χ3n) is 6.04. The summed E-state index contributed by atoms with van der Waals surface area (Å²) in [6.07, 6.45) is 0.587. The molecule has 1 aromatic carbocycles. The minimum atomic E-state index is -4.70. The Bertz CT molecular complexity index is 1220. The lowest BCUT2D eigenvalue weighted by atomic mass is 9.87. The zero-order valence-corrected chi connectivity index (χ0v) is 18.3. The molecule has 1 aliphatic carbocycles. The Morgan fingerprint density at radius 2 is 1.94 bits per heavy atom. The molecule has 1 amide bonds. The van der Waals surface area contributed by atoms with Gasteiger partial charge in [0.15, 0.2) is 0 Å². The molecule has 0 unspecified atom stereocenters. The maximum absolute atomic E-state index is 13.0. The van der Waals surface area contributed by atoms with E-state index in [0.717, 1.165) is 43.9 Å². The van der Waals surface area contributed by atoms with E-state index < -0.39 is 29.4 Å². The van der Waals surface area contributed by atoms with Gasteiger partial charge in [0.2, 0.25) is 0 Å². The van der Waals surface area contributed by atoms with Gasteiger partial charge < -0.3 is 15.2 Å². The molecule has 11 heteroatoms. The lowest BCUT2D eigenvalue weighted by molar-refractivity contribution is -0.141. The van der Waals surface area contributed by atoms with E-state index in [1.807, 2.05) is 4.68 Å².